The van der Waals surface area contributed by atoms with Crippen molar-refractivity contribution in [1.29, 1.82) is 0 Å². The number of hydrogen-bond donors (Lipinski definition) is 2. The fourth-order valence-corrected chi connectivity index (χ4v) is 2.36. The molecule has 3 rings (SSSR count). The Morgan fingerprint density at radius 2 is 1.74 bits per heavy atom. The molecule has 0 saturated carbocycles. The molecule has 0 aliphatic heterocycles. The predicted octanol–water partition coefficient (Wildman–Crippen LogP) is 2.40. The van der Waals surface area contributed by atoms with E-state index in [0.717, 1.165) is 17.3 Å². The highest BCUT2D eigenvalue weighted by atomic mass is 16.1. The van der Waals surface area contributed by atoms with E-state index in [0.29, 0.717) is 12.4 Å². The highest BCUT2D eigenvalue weighted by molar-refractivity contribution is 5.90. The van der Waals surface area contributed by atoms with Crippen molar-refractivity contribution in [3.8, 4) is 0 Å². The van der Waals surface area contributed by atoms with Crippen LogP contribution in [0.1, 0.15) is 5.56 Å². The fourth-order valence-electron chi connectivity index (χ4n) is 2.36. The van der Waals surface area contributed by atoms with E-state index in [4.69, 9.17) is 0 Å². The smallest absolute Gasteiger partial charge is 0.239 e. The maximum Gasteiger partial charge on any atom is 0.239 e. The number of anilines is 1. The van der Waals surface area contributed by atoms with Gasteiger partial charge in [0.15, 0.2) is 0 Å². The Morgan fingerprint density at radius 1 is 0.957 bits per heavy atom. The number of aromatic nitrogens is 2. The number of carbonyl (C=O) groups excluding carboxylic acids is 1. The molecule has 1 aromatic heterocycles. The lowest BCUT2D eigenvalue weighted by molar-refractivity contribution is -0.119. The van der Waals surface area contributed by atoms with Crippen LogP contribution in [0.2, 0.25) is 0 Å². The molecule has 0 aliphatic rings. The second kappa shape index (κ2) is 7.35. The second-order valence-electron chi connectivity index (χ2n) is 5.18. The minimum atomic E-state index is -0.0522. The Kier molecular flexibility index (Phi) is 4.79. The van der Waals surface area contributed by atoms with E-state index in [9.17, 15) is 4.79 Å². The van der Waals surface area contributed by atoms with Crippen LogP contribution >= 0.6 is 0 Å². The van der Waals surface area contributed by atoms with E-state index >= 15 is 0 Å². The van der Waals surface area contributed by atoms with Gasteiger partial charge in [0, 0.05) is 11.9 Å². The SMILES string of the molecule is O=C(CNc1ncnc2ccccc12)NCCc1ccccc1. The van der Waals surface area contributed by atoms with Crippen LogP contribution in [0.4, 0.5) is 5.82 Å². The molecule has 2 N–H and O–H groups in total. The van der Waals surface area contributed by atoms with Crippen LogP contribution in [0.15, 0.2) is 60.9 Å². The summed E-state index contributed by atoms with van der Waals surface area (Å²) in [5.74, 6) is 0.623. The van der Waals surface area contributed by atoms with Gasteiger partial charge in [-0.05, 0) is 24.1 Å². The number of amides is 1. The Bertz CT molecular complexity index is 784. The normalized spacial score (nSPS) is 10.4. The summed E-state index contributed by atoms with van der Waals surface area (Å²) in [5.41, 5.74) is 2.07. The van der Waals surface area contributed by atoms with E-state index in [1.807, 2.05) is 42.5 Å². The second-order valence-corrected chi connectivity index (χ2v) is 5.18. The van der Waals surface area contributed by atoms with Crippen LogP contribution in [0.5, 0.6) is 0 Å². The van der Waals surface area contributed by atoms with Gasteiger partial charge in [0.2, 0.25) is 5.91 Å². The molecule has 0 aliphatic carbocycles. The fraction of sp³-hybridized carbons (Fsp3) is 0.167. The average molecular weight is 306 g/mol. The zero-order valence-electron chi connectivity index (χ0n) is 12.7. The predicted molar refractivity (Wildman–Crippen MR) is 91.2 cm³/mol. The van der Waals surface area contributed by atoms with Crippen molar-refractivity contribution in [2.45, 2.75) is 6.42 Å². The number of carbonyl (C=O) groups is 1. The molecule has 116 valence electrons. The first-order valence-electron chi connectivity index (χ1n) is 7.57. The van der Waals surface area contributed by atoms with Crippen molar-refractivity contribution in [1.82, 2.24) is 15.3 Å². The highest BCUT2D eigenvalue weighted by Crippen LogP contribution is 2.17. The minimum absolute atomic E-state index is 0.0522. The molecule has 3 aromatic rings. The summed E-state index contributed by atoms with van der Waals surface area (Å²) in [4.78, 5) is 20.3. The van der Waals surface area contributed by atoms with Crippen molar-refractivity contribution in [2.75, 3.05) is 18.4 Å². The molecular formula is C18H18N4O. The van der Waals surface area contributed by atoms with E-state index in [-0.39, 0.29) is 12.5 Å². The van der Waals surface area contributed by atoms with E-state index in [2.05, 4.69) is 32.7 Å². The molecule has 1 heterocycles. The number of fused-ring (bicyclic) bond motifs is 1. The number of hydrogen-bond acceptors (Lipinski definition) is 4. The largest absolute Gasteiger partial charge is 0.360 e. The van der Waals surface area contributed by atoms with Crippen molar-refractivity contribution in [3.63, 3.8) is 0 Å². The van der Waals surface area contributed by atoms with Gasteiger partial charge < -0.3 is 10.6 Å². The molecule has 0 radical (unpaired) electrons. The average Bonchev–Trinajstić information content (AvgIpc) is 2.61. The number of nitrogens with zero attached hydrogens (tertiary/aromatic N) is 2. The van der Waals surface area contributed by atoms with Crippen LogP contribution < -0.4 is 10.6 Å². The quantitative estimate of drug-likeness (QED) is 0.734. The number of nitrogens with one attached hydrogen (secondary N) is 2. The first-order valence-corrected chi connectivity index (χ1v) is 7.57. The van der Waals surface area contributed by atoms with E-state index < -0.39 is 0 Å². The molecule has 23 heavy (non-hydrogen) atoms. The first kappa shape index (κ1) is 15.0. The molecule has 0 bridgehead atoms. The van der Waals surface area contributed by atoms with Gasteiger partial charge in [0.1, 0.15) is 12.1 Å². The van der Waals surface area contributed by atoms with Crippen LogP contribution in [-0.4, -0.2) is 29.0 Å². The molecule has 0 fully saturated rings. The molecular weight excluding hydrogens is 288 g/mol. The van der Waals surface area contributed by atoms with Crippen molar-refractivity contribution in [2.24, 2.45) is 0 Å². The van der Waals surface area contributed by atoms with Gasteiger partial charge in [-0.15, -0.1) is 0 Å². The molecule has 0 spiro atoms. The monoisotopic (exact) mass is 306 g/mol. The summed E-state index contributed by atoms with van der Waals surface area (Å²) in [5, 5.41) is 6.89. The molecule has 1 amide bonds. The third kappa shape index (κ3) is 4.03. The van der Waals surface area contributed by atoms with E-state index in [1.54, 1.807) is 0 Å². The van der Waals surface area contributed by atoms with Crippen LogP contribution in [0.3, 0.4) is 0 Å². The van der Waals surface area contributed by atoms with Gasteiger partial charge in [0.05, 0.1) is 12.1 Å². The number of rotatable bonds is 6. The lowest BCUT2D eigenvalue weighted by Crippen LogP contribution is -2.31. The lowest BCUT2D eigenvalue weighted by Gasteiger charge is -2.09. The highest BCUT2D eigenvalue weighted by Gasteiger charge is 2.05. The first-order chi connectivity index (χ1) is 11.3. The summed E-state index contributed by atoms with van der Waals surface area (Å²) in [6.45, 7) is 0.810. The zero-order valence-corrected chi connectivity index (χ0v) is 12.7. The van der Waals surface area contributed by atoms with Crippen molar-refractivity contribution in [3.05, 3.63) is 66.5 Å². The molecule has 5 nitrogen and oxygen atoms in total. The third-order valence-corrected chi connectivity index (χ3v) is 3.54. The maximum absolute atomic E-state index is 11.9. The molecule has 0 atom stereocenters. The van der Waals surface area contributed by atoms with Crippen LogP contribution in [0.25, 0.3) is 10.9 Å². The Hall–Kier alpha value is -2.95. The van der Waals surface area contributed by atoms with Gasteiger partial charge in [-0.3, -0.25) is 4.79 Å². The summed E-state index contributed by atoms with van der Waals surface area (Å²) >= 11 is 0. The topological polar surface area (TPSA) is 66.9 Å². The lowest BCUT2D eigenvalue weighted by atomic mass is 10.1. The summed E-state index contributed by atoms with van der Waals surface area (Å²) < 4.78 is 0. The Labute approximate surface area is 134 Å². The van der Waals surface area contributed by atoms with Crippen LogP contribution in [0, 0.1) is 0 Å². The third-order valence-electron chi connectivity index (χ3n) is 3.54. The summed E-state index contributed by atoms with van der Waals surface area (Å²) in [6, 6.07) is 17.8. The Morgan fingerprint density at radius 3 is 2.61 bits per heavy atom. The van der Waals surface area contributed by atoms with Gasteiger partial charge in [-0.2, -0.15) is 0 Å². The van der Waals surface area contributed by atoms with Crippen molar-refractivity contribution < 1.29 is 4.79 Å². The summed E-state index contributed by atoms with van der Waals surface area (Å²) in [6.07, 6.45) is 2.32. The van der Waals surface area contributed by atoms with E-state index in [1.165, 1.54) is 11.9 Å². The molecule has 0 unspecified atom stereocenters. The van der Waals surface area contributed by atoms with Gasteiger partial charge >= 0.3 is 0 Å². The molecule has 2 aromatic carbocycles. The maximum atomic E-state index is 11.9. The van der Waals surface area contributed by atoms with Gasteiger partial charge in [-0.25, -0.2) is 9.97 Å². The summed E-state index contributed by atoms with van der Waals surface area (Å²) in [7, 11) is 0. The molecule has 0 saturated heterocycles. The number of para-hydroxylation sites is 1. The van der Waals surface area contributed by atoms with Gasteiger partial charge in [0.25, 0.3) is 0 Å². The minimum Gasteiger partial charge on any atom is -0.360 e. The van der Waals surface area contributed by atoms with Crippen molar-refractivity contribution >= 4 is 22.6 Å². The Balaban J connectivity index is 1.50. The standard InChI is InChI=1S/C18H18N4O/c23-17(19-11-10-14-6-2-1-3-7-14)12-20-18-15-8-4-5-9-16(15)21-13-22-18/h1-9,13H,10-12H2,(H,19,23)(H,20,21,22). The zero-order chi connectivity index (χ0) is 15.9. The number of benzene rings is 2. The van der Waals surface area contributed by atoms with Gasteiger partial charge in [-0.1, -0.05) is 42.5 Å². The van der Waals surface area contributed by atoms with Crippen LogP contribution in [-0.2, 0) is 11.2 Å². The molecule has 5 heteroatoms.